The van der Waals surface area contributed by atoms with Gasteiger partial charge in [0.05, 0.1) is 4.88 Å². The van der Waals surface area contributed by atoms with E-state index in [0.29, 0.717) is 26.1 Å². The number of pyridine rings is 1. The van der Waals surface area contributed by atoms with Crippen molar-refractivity contribution in [3.05, 3.63) is 28.5 Å². The number of hydrogen-bond acceptors (Lipinski definition) is 7. The van der Waals surface area contributed by atoms with E-state index in [2.05, 4.69) is 20.6 Å². The summed E-state index contributed by atoms with van der Waals surface area (Å²) >= 11 is 0.804. The highest BCUT2D eigenvalue weighted by atomic mass is 32.1. The van der Waals surface area contributed by atoms with Gasteiger partial charge in [0.15, 0.2) is 5.01 Å². The molecule has 0 aliphatic carbocycles. The van der Waals surface area contributed by atoms with Crippen LogP contribution in [0.4, 0.5) is 27.8 Å². The normalized spacial score (nSPS) is 22.1. The van der Waals surface area contributed by atoms with Crippen LogP contribution in [0.2, 0.25) is 0 Å². The molecule has 0 radical (unpaired) electrons. The lowest BCUT2D eigenvalue weighted by Gasteiger charge is -2.22. The minimum atomic E-state index is -4.60. The average Bonchev–Trinajstić information content (AvgIpc) is 3.66. The third-order valence-corrected chi connectivity index (χ3v) is 8.90. The molecule has 2 bridgehead atoms. The van der Waals surface area contributed by atoms with E-state index in [-0.39, 0.29) is 51.5 Å². The fraction of sp³-hybridized carbons (Fsp3) is 0.615. The second-order valence-electron chi connectivity index (χ2n) is 10.3. The van der Waals surface area contributed by atoms with Crippen LogP contribution in [0.5, 0.6) is 0 Å². The molecular formula is C26H30F5N5O3S. The van der Waals surface area contributed by atoms with Gasteiger partial charge in [-0.15, -0.1) is 11.3 Å². The second-order valence-corrected chi connectivity index (χ2v) is 11.3. The summed E-state index contributed by atoms with van der Waals surface area (Å²) < 4.78 is 73.8. The Morgan fingerprint density at radius 1 is 1.12 bits per heavy atom. The van der Waals surface area contributed by atoms with Gasteiger partial charge >= 0.3 is 6.18 Å². The molecular weight excluding hydrogens is 557 g/mol. The maximum absolute atomic E-state index is 14.3. The summed E-state index contributed by atoms with van der Waals surface area (Å²) in [6.45, 7) is 2.31. The van der Waals surface area contributed by atoms with Gasteiger partial charge in [-0.1, -0.05) is 6.92 Å². The van der Waals surface area contributed by atoms with Crippen molar-refractivity contribution >= 4 is 29.0 Å². The molecule has 1 atom stereocenters. The summed E-state index contributed by atoms with van der Waals surface area (Å²) in [5.41, 5.74) is -0.863. The first-order valence-corrected chi connectivity index (χ1v) is 14.2. The van der Waals surface area contributed by atoms with E-state index in [0.717, 1.165) is 49.3 Å². The number of halogens is 5. The fourth-order valence-electron chi connectivity index (χ4n) is 5.71. The van der Waals surface area contributed by atoms with Crippen molar-refractivity contribution in [1.82, 2.24) is 20.2 Å². The number of carbonyl (C=O) groups excluding carboxylic acids is 2. The summed E-state index contributed by atoms with van der Waals surface area (Å²) in [6, 6.07) is -1.20. The van der Waals surface area contributed by atoms with Crippen molar-refractivity contribution in [2.24, 2.45) is 0 Å². The van der Waals surface area contributed by atoms with Crippen molar-refractivity contribution in [2.75, 3.05) is 18.5 Å². The van der Waals surface area contributed by atoms with Gasteiger partial charge in [0.1, 0.15) is 17.6 Å². The Bertz CT molecular complexity index is 1230. The zero-order chi connectivity index (χ0) is 28.6. The smallest absolute Gasteiger partial charge is 0.381 e. The molecule has 8 nitrogen and oxygen atoms in total. The van der Waals surface area contributed by atoms with Crippen LogP contribution in [0.3, 0.4) is 0 Å². The van der Waals surface area contributed by atoms with Crippen molar-refractivity contribution in [3.8, 4) is 10.4 Å². The van der Waals surface area contributed by atoms with E-state index in [1.807, 2.05) is 0 Å². The first-order chi connectivity index (χ1) is 19.1. The van der Waals surface area contributed by atoms with Crippen LogP contribution in [0, 0.1) is 0 Å². The molecule has 0 saturated carbocycles. The molecule has 3 aliphatic rings. The van der Waals surface area contributed by atoms with Crippen LogP contribution in [0.1, 0.15) is 84.1 Å². The molecule has 0 aromatic carbocycles. The zero-order valence-corrected chi connectivity index (χ0v) is 22.6. The fourth-order valence-corrected chi connectivity index (χ4v) is 6.71. The maximum Gasteiger partial charge on any atom is 0.408 e. The average molecular weight is 588 g/mol. The number of amides is 2. The lowest BCUT2D eigenvalue weighted by molar-refractivity contribution is -0.142. The summed E-state index contributed by atoms with van der Waals surface area (Å²) in [5.74, 6) is -1.33. The molecule has 14 heteroatoms. The third kappa shape index (κ3) is 5.78. The monoisotopic (exact) mass is 587 g/mol. The highest BCUT2D eigenvalue weighted by Crippen LogP contribution is 2.42. The van der Waals surface area contributed by atoms with Gasteiger partial charge in [0.25, 0.3) is 18.2 Å². The molecule has 3 aliphatic heterocycles. The molecule has 0 unspecified atom stereocenters. The van der Waals surface area contributed by atoms with Gasteiger partial charge in [0, 0.05) is 48.7 Å². The third-order valence-electron chi connectivity index (χ3n) is 7.81. The van der Waals surface area contributed by atoms with Crippen molar-refractivity contribution in [2.45, 2.75) is 88.6 Å². The van der Waals surface area contributed by atoms with E-state index in [1.54, 1.807) is 4.90 Å². The van der Waals surface area contributed by atoms with E-state index in [1.165, 1.54) is 6.92 Å². The van der Waals surface area contributed by atoms with Crippen LogP contribution in [0.25, 0.3) is 10.4 Å². The van der Waals surface area contributed by atoms with Crippen LogP contribution >= 0.6 is 11.3 Å². The lowest BCUT2D eigenvalue weighted by Crippen LogP contribution is -2.39. The van der Waals surface area contributed by atoms with Gasteiger partial charge in [-0.25, -0.2) is 18.7 Å². The number of anilines is 1. The summed E-state index contributed by atoms with van der Waals surface area (Å²) in [6.07, 6.45) is -2.40. The van der Waals surface area contributed by atoms with Crippen LogP contribution in [-0.4, -0.2) is 70.2 Å². The molecule has 2 aromatic heterocycles. The number of hydrogen-bond donors (Lipinski definition) is 2. The first kappa shape index (κ1) is 28.7. The van der Waals surface area contributed by atoms with Crippen molar-refractivity contribution in [1.29, 1.82) is 0 Å². The summed E-state index contributed by atoms with van der Waals surface area (Å²) in [5, 5.41) is 5.01. The Labute approximate surface area is 231 Å². The quantitative estimate of drug-likeness (QED) is 0.392. The molecule has 0 spiro atoms. The number of rotatable bonds is 8. The second kappa shape index (κ2) is 11.6. The van der Waals surface area contributed by atoms with Gasteiger partial charge in [-0.05, 0) is 51.0 Å². The molecule has 3 saturated heterocycles. The molecule has 5 heterocycles. The molecule has 2 aromatic rings. The number of nitrogens with zero attached hydrogens (tertiary/aromatic N) is 3. The first-order valence-electron chi connectivity index (χ1n) is 13.4. The topological polar surface area (TPSA) is 96.4 Å². The number of nitrogens with one attached hydrogen (secondary N) is 2. The number of carbonyl (C=O) groups is 2. The molecule has 5 rings (SSSR count). The van der Waals surface area contributed by atoms with Gasteiger partial charge in [-0.2, -0.15) is 13.2 Å². The molecule has 2 amide bonds. The minimum absolute atomic E-state index is 0.0270. The Morgan fingerprint density at radius 2 is 1.77 bits per heavy atom. The number of thiazole rings is 1. The van der Waals surface area contributed by atoms with Gasteiger partial charge in [-0.3, -0.25) is 9.59 Å². The molecule has 40 heavy (non-hydrogen) atoms. The van der Waals surface area contributed by atoms with Crippen LogP contribution in [-0.2, 0) is 4.74 Å². The summed E-state index contributed by atoms with van der Waals surface area (Å²) in [7, 11) is 0. The zero-order valence-electron chi connectivity index (χ0n) is 21.8. The van der Waals surface area contributed by atoms with E-state index >= 15 is 0 Å². The number of alkyl halides is 5. The number of ether oxygens (including phenoxy) is 1. The molecule has 218 valence electrons. The molecule has 3 fully saturated rings. The van der Waals surface area contributed by atoms with E-state index in [4.69, 9.17) is 4.74 Å². The Morgan fingerprint density at radius 3 is 2.35 bits per heavy atom. The SMILES string of the molecule is CC[C@H](Nc1cc(C(F)F)c(-c2sc(C(=O)NC3CCOCC3)nc2C(=O)N2[C@H]3CC[C@@H]2CC3)cn1)C(F)(F)F. The minimum Gasteiger partial charge on any atom is -0.381 e. The van der Waals surface area contributed by atoms with E-state index < -0.39 is 36.0 Å². The maximum atomic E-state index is 14.3. The van der Waals surface area contributed by atoms with Crippen LogP contribution < -0.4 is 10.6 Å². The molecule has 2 N–H and O–H groups in total. The van der Waals surface area contributed by atoms with Crippen molar-refractivity contribution in [3.63, 3.8) is 0 Å². The van der Waals surface area contributed by atoms with Gasteiger partial charge < -0.3 is 20.3 Å². The van der Waals surface area contributed by atoms with Crippen molar-refractivity contribution < 1.29 is 36.3 Å². The highest BCUT2D eigenvalue weighted by molar-refractivity contribution is 7.17. The Hall–Kier alpha value is -2.87. The van der Waals surface area contributed by atoms with Gasteiger partial charge in [0.2, 0.25) is 0 Å². The lowest BCUT2D eigenvalue weighted by atomic mass is 10.0. The number of fused-ring (bicyclic) bond motifs is 2. The number of aromatic nitrogens is 2. The van der Waals surface area contributed by atoms with Crippen LogP contribution in [0.15, 0.2) is 12.3 Å². The standard InChI is InChI=1S/C26H30F5N5O3S/c1-2-18(26(29,30)31)34-19-11-16(22(27)28)17(12-32-19)21-20(25(38)36-14-3-4-15(36)6-5-14)35-24(40-21)23(37)33-13-7-9-39-10-8-13/h11-15,18,22H,2-10H2,1H3,(H,32,34)(H,33,37)/t14-,15+,18-/m0/s1. The summed E-state index contributed by atoms with van der Waals surface area (Å²) in [4.78, 5) is 37.0. The van der Waals surface area contributed by atoms with E-state index in [9.17, 15) is 31.5 Å². The predicted octanol–water partition coefficient (Wildman–Crippen LogP) is 5.57. The largest absolute Gasteiger partial charge is 0.408 e. The Balaban J connectivity index is 1.52. The highest BCUT2D eigenvalue weighted by Gasteiger charge is 2.44. The Kier molecular flexibility index (Phi) is 8.27. The predicted molar refractivity (Wildman–Crippen MR) is 138 cm³/mol.